The maximum atomic E-state index is 10.5. The monoisotopic (exact) mass is 270 g/mol. The highest BCUT2D eigenvalue weighted by Crippen LogP contribution is 2.22. The number of rotatable bonds is 8. The number of non-ortho nitro benzene ring substituents is 1. The number of hydrogen-bond acceptors (Lipinski definition) is 5. The van der Waals surface area contributed by atoms with Crippen molar-refractivity contribution in [3.05, 3.63) is 34.4 Å². The first kappa shape index (κ1) is 14.9. The van der Waals surface area contributed by atoms with Crippen LogP contribution in [0.4, 0.5) is 5.69 Å². The van der Waals surface area contributed by atoms with E-state index in [9.17, 15) is 10.1 Å². The molecule has 0 aliphatic rings. The predicted octanol–water partition coefficient (Wildman–Crippen LogP) is 2.05. The molecule has 0 saturated heterocycles. The van der Waals surface area contributed by atoms with Crippen LogP contribution in [0.5, 0.6) is 0 Å². The first-order valence-electron chi connectivity index (χ1n) is 5.88. The Bertz CT molecular complexity index is 364. The minimum atomic E-state index is -0.401. The van der Waals surface area contributed by atoms with Crippen molar-refractivity contribution in [1.29, 1.82) is 0 Å². The summed E-state index contributed by atoms with van der Waals surface area (Å²) in [5.41, 5.74) is 0.109. The van der Waals surface area contributed by atoms with E-state index in [0.717, 1.165) is 17.2 Å². The summed E-state index contributed by atoms with van der Waals surface area (Å²) in [7, 11) is 0. The van der Waals surface area contributed by atoms with E-state index in [1.54, 1.807) is 23.9 Å². The van der Waals surface area contributed by atoms with E-state index >= 15 is 0 Å². The second-order valence-corrected chi connectivity index (χ2v) is 4.92. The van der Waals surface area contributed by atoms with Gasteiger partial charge in [0.2, 0.25) is 0 Å². The second-order valence-electron chi connectivity index (χ2n) is 3.83. The van der Waals surface area contributed by atoms with E-state index < -0.39 is 4.92 Å². The summed E-state index contributed by atoms with van der Waals surface area (Å²) in [4.78, 5) is 11.1. The van der Waals surface area contributed by atoms with E-state index in [1.807, 2.05) is 6.92 Å². The third-order valence-corrected chi connectivity index (χ3v) is 3.64. The quantitative estimate of drug-likeness (QED) is 0.429. The number of nitrogens with one attached hydrogen (secondary N) is 1. The molecule has 1 rings (SSSR count). The van der Waals surface area contributed by atoms with Crippen LogP contribution in [-0.2, 0) is 0 Å². The molecule has 1 unspecified atom stereocenters. The first-order valence-corrected chi connectivity index (χ1v) is 6.87. The van der Waals surface area contributed by atoms with Gasteiger partial charge in [-0.25, -0.2) is 0 Å². The molecule has 0 aliphatic carbocycles. The zero-order valence-corrected chi connectivity index (χ0v) is 11.2. The van der Waals surface area contributed by atoms with Gasteiger partial charge >= 0.3 is 0 Å². The third kappa shape index (κ3) is 5.03. The van der Waals surface area contributed by atoms with Gasteiger partial charge in [-0.1, -0.05) is 6.92 Å². The van der Waals surface area contributed by atoms with E-state index in [0.29, 0.717) is 6.42 Å². The zero-order valence-electron chi connectivity index (χ0n) is 10.3. The maximum absolute atomic E-state index is 10.5. The van der Waals surface area contributed by atoms with Gasteiger partial charge in [-0.05, 0) is 25.1 Å². The molecule has 2 N–H and O–H groups in total. The van der Waals surface area contributed by atoms with Crippen molar-refractivity contribution in [2.75, 3.05) is 18.9 Å². The molecule has 5 nitrogen and oxygen atoms in total. The lowest BCUT2D eigenvalue weighted by Crippen LogP contribution is -2.31. The zero-order chi connectivity index (χ0) is 13.4. The summed E-state index contributed by atoms with van der Waals surface area (Å²) in [6, 6.07) is 6.79. The van der Waals surface area contributed by atoms with Gasteiger partial charge in [0.15, 0.2) is 0 Å². The topological polar surface area (TPSA) is 75.4 Å². The van der Waals surface area contributed by atoms with Crippen molar-refractivity contribution in [3.8, 4) is 0 Å². The average Bonchev–Trinajstić information content (AvgIpc) is 2.37. The van der Waals surface area contributed by atoms with Crippen molar-refractivity contribution in [2.45, 2.75) is 24.3 Å². The fourth-order valence-electron chi connectivity index (χ4n) is 1.55. The summed E-state index contributed by atoms with van der Waals surface area (Å²) in [6.07, 6.45) is 0.716. The van der Waals surface area contributed by atoms with Crippen LogP contribution < -0.4 is 5.32 Å². The minimum Gasteiger partial charge on any atom is -0.396 e. The van der Waals surface area contributed by atoms with Crippen LogP contribution in [0.15, 0.2) is 29.2 Å². The molecule has 0 saturated carbocycles. The highest BCUT2D eigenvalue weighted by Gasteiger charge is 2.08. The lowest BCUT2D eigenvalue weighted by Gasteiger charge is -2.15. The van der Waals surface area contributed by atoms with Gasteiger partial charge in [-0.3, -0.25) is 10.1 Å². The number of aliphatic hydroxyl groups excluding tert-OH is 1. The number of hydrogen-bond donors (Lipinski definition) is 2. The molecule has 0 aromatic heterocycles. The van der Waals surface area contributed by atoms with Crippen molar-refractivity contribution in [1.82, 2.24) is 5.32 Å². The molecule has 0 amide bonds. The molecule has 0 heterocycles. The Morgan fingerprint density at radius 1 is 1.44 bits per heavy atom. The van der Waals surface area contributed by atoms with Gasteiger partial charge in [-0.15, -0.1) is 11.8 Å². The van der Waals surface area contributed by atoms with Crippen molar-refractivity contribution >= 4 is 17.4 Å². The van der Waals surface area contributed by atoms with Crippen LogP contribution >= 0.6 is 11.8 Å². The van der Waals surface area contributed by atoms with Crippen LogP contribution in [0.2, 0.25) is 0 Å². The molecule has 0 bridgehead atoms. The Balaban J connectivity index is 2.48. The molecule has 1 aromatic rings. The van der Waals surface area contributed by atoms with E-state index in [-0.39, 0.29) is 18.3 Å². The standard InChI is InChI=1S/C12H18N2O3S/c1-2-13-10(7-8-15)9-18-12-5-3-11(4-6-12)14(16)17/h3-6,10,13,15H,2,7-9H2,1H3. The van der Waals surface area contributed by atoms with Crippen LogP contribution in [0, 0.1) is 10.1 Å². The smallest absolute Gasteiger partial charge is 0.269 e. The fraction of sp³-hybridized carbons (Fsp3) is 0.500. The number of nitro groups is 1. The van der Waals surface area contributed by atoms with E-state index in [2.05, 4.69) is 5.32 Å². The lowest BCUT2D eigenvalue weighted by atomic mass is 10.2. The molecular formula is C12H18N2O3S. The van der Waals surface area contributed by atoms with Crippen molar-refractivity contribution < 1.29 is 10.0 Å². The largest absolute Gasteiger partial charge is 0.396 e. The summed E-state index contributed by atoms with van der Waals surface area (Å²) in [6.45, 7) is 3.06. The number of thioether (sulfide) groups is 1. The Labute approximate surface area is 111 Å². The Kier molecular flexibility index (Phi) is 6.70. The predicted molar refractivity (Wildman–Crippen MR) is 73.0 cm³/mol. The average molecular weight is 270 g/mol. The number of aliphatic hydroxyl groups is 1. The summed E-state index contributed by atoms with van der Waals surface area (Å²) in [5, 5.41) is 22.7. The Morgan fingerprint density at radius 3 is 2.61 bits per heavy atom. The van der Waals surface area contributed by atoms with Gasteiger partial charge < -0.3 is 10.4 Å². The molecular weight excluding hydrogens is 252 g/mol. The molecule has 0 aliphatic heterocycles. The minimum absolute atomic E-state index is 0.109. The maximum Gasteiger partial charge on any atom is 0.269 e. The highest BCUT2D eigenvalue weighted by molar-refractivity contribution is 7.99. The molecule has 1 aromatic carbocycles. The molecule has 0 radical (unpaired) electrons. The Hall–Kier alpha value is -1.11. The van der Waals surface area contributed by atoms with Crippen LogP contribution in [0.25, 0.3) is 0 Å². The van der Waals surface area contributed by atoms with E-state index in [1.165, 1.54) is 12.1 Å². The molecule has 6 heteroatoms. The second kappa shape index (κ2) is 8.07. The number of nitrogens with zero attached hydrogens (tertiary/aromatic N) is 1. The lowest BCUT2D eigenvalue weighted by molar-refractivity contribution is -0.384. The highest BCUT2D eigenvalue weighted by atomic mass is 32.2. The normalized spacial score (nSPS) is 12.3. The summed E-state index contributed by atoms with van der Waals surface area (Å²) >= 11 is 1.63. The number of benzene rings is 1. The SMILES string of the molecule is CCNC(CCO)CSc1ccc([N+](=O)[O-])cc1. The molecule has 1 atom stereocenters. The fourth-order valence-corrected chi connectivity index (χ4v) is 2.56. The molecule has 100 valence electrons. The van der Waals surface area contributed by atoms with Crippen LogP contribution in [0.1, 0.15) is 13.3 Å². The van der Waals surface area contributed by atoms with Crippen molar-refractivity contribution in [2.24, 2.45) is 0 Å². The number of nitro benzene ring substituents is 1. The van der Waals surface area contributed by atoms with Crippen LogP contribution in [0.3, 0.4) is 0 Å². The summed E-state index contributed by atoms with van der Waals surface area (Å²) < 4.78 is 0. The molecule has 0 fully saturated rings. The molecule has 18 heavy (non-hydrogen) atoms. The van der Waals surface area contributed by atoms with Gasteiger partial charge in [-0.2, -0.15) is 0 Å². The van der Waals surface area contributed by atoms with Crippen LogP contribution in [-0.4, -0.2) is 35.0 Å². The van der Waals surface area contributed by atoms with Gasteiger partial charge in [0.25, 0.3) is 5.69 Å². The third-order valence-electron chi connectivity index (χ3n) is 2.47. The Morgan fingerprint density at radius 2 is 2.11 bits per heavy atom. The molecule has 0 spiro atoms. The van der Waals surface area contributed by atoms with Gasteiger partial charge in [0.05, 0.1) is 4.92 Å². The van der Waals surface area contributed by atoms with Gasteiger partial charge in [0.1, 0.15) is 0 Å². The summed E-state index contributed by atoms with van der Waals surface area (Å²) in [5.74, 6) is 0.839. The van der Waals surface area contributed by atoms with Crippen molar-refractivity contribution in [3.63, 3.8) is 0 Å². The first-order chi connectivity index (χ1) is 8.67. The van der Waals surface area contributed by atoms with Gasteiger partial charge in [0, 0.05) is 35.4 Å². The van der Waals surface area contributed by atoms with E-state index in [4.69, 9.17) is 5.11 Å².